The highest BCUT2D eigenvalue weighted by Gasteiger charge is 2.12. The molecule has 0 spiro atoms. The molecule has 1 atom stereocenters. The first-order chi connectivity index (χ1) is 11.3. The van der Waals surface area contributed by atoms with Crippen LogP contribution in [-0.4, -0.2) is 63.5 Å². The minimum absolute atomic E-state index is 0.00745. The van der Waals surface area contributed by atoms with Crippen molar-refractivity contribution in [2.75, 3.05) is 39.3 Å². The van der Waals surface area contributed by atoms with Gasteiger partial charge in [0.2, 0.25) is 0 Å². The van der Waals surface area contributed by atoms with Gasteiger partial charge in [-0.25, -0.2) is 13.4 Å². The van der Waals surface area contributed by atoms with Crippen LogP contribution in [0.1, 0.15) is 37.1 Å². The van der Waals surface area contributed by atoms with E-state index in [1.807, 2.05) is 31.2 Å². The second kappa shape index (κ2) is 9.95. The summed E-state index contributed by atoms with van der Waals surface area (Å²) in [5.74, 6) is 0.907. The molecule has 0 amide bonds. The number of aliphatic imine (C=N–C) groups is 1. The molecule has 0 saturated heterocycles. The van der Waals surface area contributed by atoms with Gasteiger partial charge in [0.1, 0.15) is 20.9 Å². The summed E-state index contributed by atoms with van der Waals surface area (Å²) in [4.78, 5) is 11.1. The molecule has 0 aliphatic heterocycles. The van der Waals surface area contributed by atoms with Crippen LogP contribution in [0.3, 0.4) is 0 Å². The Labute approximate surface area is 149 Å². The van der Waals surface area contributed by atoms with Gasteiger partial charge in [-0.2, -0.15) is 0 Å². The number of hydrogen-bond donors (Lipinski definition) is 1. The van der Waals surface area contributed by atoms with Gasteiger partial charge in [-0.3, -0.25) is 4.99 Å². The van der Waals surface area contributed by atoms with E-state index in [-0.39, 0.29) is 11.9 Å². The van der Waals surface area contributed by atoms with Crippen LogP contribution in [0.2, 0.25) is 0 Å². The molecule has 1 unspecified atom stereocenters. The largest absolute Gasteiger partial charge is 0.375 e. The zero-order valence-corrected chi connectivity index (χ0v) is 16.7. The summed E-state index contributed by atoms with van der Waals surface area (Å²) in [5.41, 5.74) is 0.961. The maximum atomic E-state index is 11.2. The summed E-state index contributed by atoms with van der Waals surface area (Å²) in [6.07, 6.45) is 1.76. The minimum atomic E-state index is -2.93. The van der Waals surface area contributed by atoms with E-state index in [0.29, 0.717) is 19.5 Å². The van der Waals surface area contributed by atoms with E-state index < -0.39 is 9.84 Å². The molecule has 1 heterocycles. The number of hydrogen-bond acceptors (Lipinski definition) is 6. The van der Waals surface area contributed by atoms with Crippen LogP contribution in [0.5, 0.6) is 0 Å². The first-order valence-corrected chi connectivity index (χ1v) is 10.8. The molecule has 1 N–H and O–H groups in total. The molecule has 138 valence electrons. The van der Waals surface area contributed by atoms with E-state index in [1.54, 1.807) is 18.4 Å². The Morgan fingerprint density at radius 2 is 2.25 bits per heavy atom. The van der Waals surface area contributed by atoms with Crippen molar-refractivity contribution < 1.29 is 13.2 Å². The van der Waals surface area contributed by atoms with E-state index in [2.05, 4.69) is 15.3 Å². The number of methoxy groups -OCH3 is 1. The number of nitrogens with zero attached hydrogens (tertiary/aromatic N) is 3. The molecule has 0 fully saturated rings. The van der Waals surface area contributed by atoms with E-state index >= 15 is 0 Å². The van der Waals surface area contributed by atoms with Gasteiger partial charge in [-0.15, -0.1) is 11.3 Å². The maximum Gasteiger partial charge on any atom is 0.194 e. The zero-order chi connectivity index (χ0) is 18.2. The maximum absolute atomic E-state index is 11.2. The number of aromatic nitrogens is 1. The summed E-state index contributed by atoms with van der Waals surface area (Å²) < 4.78 is 27.6. The van der Waals surface area contributed by atoms with Crippen molar-refractivity contribution in [2.24, 2.45) is 4.99 Å². The van der Waals surface area contributed by atoms with E-state index in [0.717, 1.165) is 23.2 Å². The van der Waals surface area contributed by atoms with Crippen molar-refractivity contribution in [3.05, 3.63) is 16.1 Å². The fourth-order valence-electron chi connectivity index (χ4n) is 1.98. The van der Waals surface area contributed by atoms with Gasteiger partial charge in [-0.05, 0) is 20.3 Å². The normalized spacial score (nSPS) is 13.8. The predicted molar refractivity (Wildman–Crippen MR) is 99.3 cm³/mol. The first kappa shape index (κ1) is 20.9. The molecule has 0 saturated carbocycles. The molecule has 1 aromatic rings. The summed E-state index contributed by atoms with van der Waals surface area (Å²) >= 11 is 1.58. The minimum Gasteiger partial charge on any atom is -0.375 e. The number of nitrogens with one attached hydrogen (secondary N) is 1. The quantitative estimate of drug-likeness (QED) is 0.401. The van der Waals surface area contributed by atoms with Crippen LogP contribution in [0.15, 0.2) is 10.4 Å². The van der Waals surface area contributed by atoms with Crippen molar-refractivity contribution in [1.29, 1.82) is 0 Å². The summed E-state index contributed by atoms with van der Waals surface area (Å²) in [7, 11) is 0.677. The summed E-state index contributed by atoms with van der Waals surface area (Å²) in [5, 5.41) is 6.20. The highest BCUT2D eigenvalue weighted by atomic mass is 32.2. The van der Waals surface area contributed by atoms with Crippen molar-refractivity contribution in [3.63, 3.8) is 0 Å². The van der Waals surface area contributed by atoms with Crippen LogP contribution in [0, 0.1) is 0 Å². The second-order valence-electron chi connectivity index (χ2n) is 5.63. The molecule has 0 aliphatic carbocycles. The Balaban J connectivity index is 2.65. The molecule has 0 aliphatic rings. The molecule has 1 aromatic heterocycles. The number of guanidine groups is 1. The van der Waals surface area contributed by atoms with Crippen molar-refractivity contribution in [2.45, 2.75) is 32.9 Å². The molecule has 0 bridgehead atoms. The Morgan fingerprint density at radius 3 is 2.83 bits per heavy atom. The molecular formula is C15H28N4O3S2. The fraction of sp³-hybridized carbons (Fsp3) is 0.733. The lowest BCUT2D eigenvalue weighted by atomic mass is 10.4. The lowest BCUT2D eigenvalue weighted by molar-refractivity contribution is 0.119. The highest BCUT2D eigenvalue weighted by molar-refractivity contribution is 7.90. The van der Waals surface area contributed by atoms with Gasteiger partial charge in [0, 0.05) is 38.9 Å². The number of thiazole rings is 1. The molecule has 7 nitrogen and oxygen atoms in total. The average molecular weight is 377 g/mol. The molecule has 0 radical (unpaired) electrons. The van der Waals surface area contributed by atoms with E-state index in [9.17, 15) is 8.42 Å². The van der Waals surface area contributed by atoms with Crippen LogP contribution in [0.4, 0.5) is 0 Å². The number of ether oxygens (including phenoxy) is 1. The summed E-state index contributed by atoms with van der Waals surface area (Å²) in [6.45, 7) is 5.83. The van der Waals surface area contributed by atoms with Gasteiger partial charge in [0.25, 0.3) is 0 Å². The van der Waals surface area contributed by atoms with Crippen LogP contribution in [0.25, 0.3) is 0 Å². The first-order valence-electron chi connectivity index (χ1n) is 7.91. The van der Waals surface area contributed by atoms with Gasteiger partial charge < -0.3 is 15.0 Å². The molecule has 1 rings (SSSR count). The molecule has 0 aromatic carbocycles. The van der Waals surface area contributed by atoms with Gasteiger partial charge in [0.15, 0.2) is 5.96 Å². The standard InChI is InChI=1S/C15H28N4O3S2/c1-6-16-15(17-8-7-9-24(5,20)21)19(3)10-13-11-23-14(18-13)12(2)22-4/h11-12H,6-10H2,1-5H3,(H,16,17). The predicted octanol–water partition coefficient (Wildman–Crippen LogP) is 1.68. The fourth-order valence-corrected chi connectivity index (χ4v) is 3.48. The third kappa shape index (κ3) is 7.59. The lowest BCUT2D eigenvalue weighted by Gasteiger charge is -2.21. The highest BCUT2D eigenvalue weighted by Crippen LogP contribution is 2.20. The third-order valence-electron chi connectivity index (χ3n) is 3.30. The lowest BCUT2D eigenvalue weighted by Crippen LogP contribution is -2.38. The topological polar surface area (TPSA) is 83.9 Å². The molecule has 9 heteroatoms. The Morgan fingerprint density at radius 1 is 1.54 bits per heavy atom. The van der Waals surface area contributed by atoms with Gasteiger partial charge in [0.05, 0.1) is 18.0 Å². The van der Waals surface area contributed by atoms with E-state index in [1.165, 1.54) is 6.26 Å². The Bertz CT molecular complexity index is 628. The van der Waals surface area contributed by atoms with Crippen LogP contribution < -0.4 is 5.32 Å². The van der Waals surface area contributed by atoms with Crippen molar-refractivity contribution in [1.82, 2.24) is 15.2 Å². The zero-order valence-electron chi connectivity index (χ0n) is 15.1. The van der Waals surface area contributed by atoms with Gasteiger partial charge >= 0.3 is 0 Å². The SMILES string of the molecule is CCNC(=NCCCS(C)(=O)=O)N(C)Cc1csc(C(C)OC)n1. The monoisotopic (exact) mass is 376 g/mol. The molecule has 24 heavy (non-hydrogen) atoms. The van der Waals surface area contributed by atoms with Crippen LogP contribution in [-0.2, 0) is 21.1 Å². The Kier molecular flexibility index (Phi) is 8.65. The van der Waals surface area contributed by atoms with E-state index in [4.69, 9.17) is 4.74 Å². The van der Waals surface area contributed by atoms with Gasteiger partial charge in [-0.1, -0.05) is 0 Å². The number of rotatable bonds is 9. The van der Waals surface area contributed by atoms with Crippen molar-refractivity contribution >= 4 is 27.1 Å². The Hall–Kier alpha value is -1.19. The summed E-state index contributed by atoms with van der Waals surface area (Å²) in [6, 6.07) is 0. The number of sulfone groups is 1. The van der Waals surface area contributed by atoms with Crippen LogP contribution >= 0.6 is 11.3 Å². The van der Waals surface area contributed by atoms with Crippen molar-refractivity contribution in [3.8, 4) is 0 Å². The third-order valence-corrected chi connectivity index (χ3v) is 5.39. The smallest absolute Gasteiger partial charge is 0.194 e. The molecular weight excluding hydrogens is 348 g/mol. The second-order valence-corrected chi connectivity index (χ2v) is 8.78. The average Bonchev–Trinajstić information content (AvgIpc) is 2.97.